The van der Waals surface area contributed by atoms with Crippen molar-refractivity contribution in [1.29, 1.82) is 0 Å². The molecule has 0 saturated heterocycles. The third-order valence-corrected chi connectivity index (χ3v) is 5.58. The summed E-state index contributed by atoms with van der Waals surface area (Å²) in [5.41, 5.74) is 0.776. The van der Waals surface area contributed by atoms with Crippen LogP contribution in [0.15, 0.2) is 24.3 Å². The lowest BCUT2D eigenvalue weighted by Gasteiger charge is -2.08. The van der Waals surface area contributed by atoms with Gasteiger partial charge in [0.25, 0.3) is 0 Å². The standard InChI is InChI=1S/C7H12N4O2P4/c12-5-6-3-1-2-4-7(6)13-11-16-9-14-8-15-10-17-11/h1-4,8-9,12,14-16H,5H2. The summed E-state index contributed by atoms with van der Waals surface area (Å²) in [6, 6.07) is 7.44. The lowest BCUT2D eigenvalue weighted by Crippen LogP contribution is -2.00. The number of aliphatic hydroxyl groups is 1. The van der Waals surface area contributed by atoms with E-state index in [1.807, 2.05) is 24.3 Å². The molecule has 2 rings (SSSR count). The number of aliphatic hydroxyl groups excluding tert-OH is 1. The van der Waals surface area contributed by atoms with Gasteiger partial charge in [0.2, 0.25) is 0 Å². The molecule has 0 aliphatic carbocycles. The smallest absolute Gasteiger partial charge is 0.182 e. The van der Waals surface area contributed by atoms with Gasteiger partial charge in [-0.2, -0.15) is 4.51 Å². The van der Waals surface area contributed by atoms with Crippen molar-refractivity contribution in [3.05, 3.63) is 29.8 Å². The highest BCUT2D eigenvalue weighted by molar-refractivity contribution is 7.44. The first-order valence-corrected chi connectivity index (χ1v) is 8.43. The summed E-state index contributed by atoms with van der Waals surface area (Å²) in [5, 5.41) is 9.20. The monoisotopic (exact) mass is 308 g/mol. The summed E-state index contributed by atoms with van der Waals surface area (Å²) < 4.78 is 12.4. The van der Waals surface area contributed by atoms with Crippen molar-refractivity contribution in [3.63, 3.8) is 0 Å². The molecular formula is C7H12N4O2P4. The molecule has 1 aromatic carbocycles. The predicted octanol–water partition coefficient (Wildman–Crippen LogP) is 2.80. The number of aromatic nitrogens is 4. The second-order valence-electron chi connectivity index (χ2n) is 2.92. The van der Waals surface area contributed by atoms with Crippen LogP contribution >= 0.6 is 34.0 Å². The summed E-state index contributed by atoms with van der Waals surface area (Å²) in [6.07, 6.45) is 0. The van der Waals surface area contributed by atoms with Gasteiger partial charge in [-0.05, 0) is 6.07 Å². The van der Waals surface area contributed by atoms with Gasteiger partial charge < -0.3 is 19.0 Å². The lowest BCUT2D eigenvalue weighted by molar-refractivity contribution is 0.246. The first-order valence-electron chi connectivity index (χ1n) is 4.73. The molecule has 0 aliphatic heterocycles. The van der Waals surface area contributed by atoms with Crippen molar-refractivity contribution in [3.8, 4) is 5.75 Å². The zero-order valence-corrected chi connectivity index (χ0v) is 12.6. The topological polar surface area (TPSA) is 78.9 Å². The summed E-state index contributed by atoms with van der Waals surface area (Å²) >= 11 is 0. The Kier molecular flexibility index (Phi) is 5.25. The molecule has 6 nitrogen and oxygen atoms in total. The predicted molar refractivity (Wildman–Crippen MR) is 75.6 cm³/mol. The van der Waals surface area contributed by atoms with Crippen molar-refractivity contribution in [2.45, 2.75) is 6.61 Å². The van der Waals surface area contributed by atoms with Gasteiger partial charge in [0, 0.05) is 22.6 Å². The number of rotatable bonds is 3. The van der Waals surface area contributed by atoms with Crippen LogP contribution in [0.4, 0.5) is 0 Å². The number of nitrogens with one attached hydrogen (secondary N) is 2. The molecule has 1 aromatic heterocycles. The van der Waals surface area contributed by atoms with E-state index in [9.17, 15) is 5.11 Å². The number of aromatic amines is 2. The Morgan fingerprint density at radius 3 is 3.18 bits per heavy atom. The molecule has 0 radical (unpaired) electrons. The molecule has 10 heteroatoms. The summed E-state index contributed by atoms with van der Waals surface area (Å²) in [4.78, 5) is 5.71. The maximum atomic E-state index is 9.20. The molecule has 0 saturated carbocycles. The first-order chi connectivity index (χ1) is 8.40. The fourth-order valence-corrected chi connectivity index (χ4v) is 5.20. The van der Waals surface area contributed by atoms with E-state index >= 15 is 0 Å². The van der Waals surface area contributed by atoms with Gasteiger partial charge in [-0.25, -0.2) is 0 Å². The highest BCUT2D eigenvalue weighted by Gasteiger charge is 2.01. The Labute approximate surface area is 104 Å². The molecule has 0 aliphatic rings. The fourth-order valence-electron chi connectivity index (χ4n) is 1.10. The molecule has 3 atom stereocenters. The Morgan fingerprint density at radius 2 is 2.29 bits per heavy atom. The summed E-state index contributed by atoms with van der Waals surface area (Å²) in [6.45, 7) is -0.0281. The molecule has 0 bridgehead atoms. The SMILES string of the molecule is OCc1ccccc1On1pn[pH][nH][pH][nH][pH]1. The first kappa shape index (κ1) is 12.8. The van der Waals surface area contributed by atoms with Crippen LogP contribution in [0.5, 0.6) is 5.75 Å². The van der Waals surface area contributed by atoms with E-state index in [1.165, 1.54) is 0 Å². The quantitative estimate of drug-likeness (QED) is 0.816. The second kappa shape index (κ2) is 6.96. The Morgan fingerprint density at radius 1 is 1.41 bits per heavy atom. The molecule has 0 spiro atoms. The minimum Gasteiger partial charge on any atom is -0.392 e. The minimum absolute atomic E-state index is 0.0281. The lowest BCUT2D eigenvalue weighted by atomic mass is 10.2. The van der Waals surface area contributed by atoms with Crippen molar-refractivity contribution < 1.29 is 9.94 Å². The van der Waals surface area contributed by atoms with Crippen LogP contribution in [0.3, 0.4) is 0 Å². The molecule has 17 heavy (non-hydrogen) atoms. The molecule has 0 amide bonds. The fraction of sp³-hybridized carbons (Fsp3) is 0.143. The van der Waals surface area contributed by atoms with E-state index < -0.39 is 0 Å². The van der Waals surface area contributed by atoms with Crippen LogP contribution in [-0.2, 0) is 6.61 Å². The van der Waals surface area contributed by atoms with E-state index in [0.717, 1.165) is 14.1 Å². The summed E-state index contributed by atoms with van der Waals surface area (Å²) in [7, 11) is 1.97. The van der Waals surface area contributed by atoms with Gasteiger partial charge in [-0.3, -0.25) is 0 Å². The zero-order valence-electron chi connectivity index (χ0n) is 8.71. The highest BCUT2D eigenvalue weighted by Crippen LogP contribution is 2.21. The number of hydrogen-bond acceptors (Lipinski definition) is 3. The Bertz CT molecular complexity index is 510. The van der Waals surface area contributed by atoms with Crippen LogP contribution in [0.25, 0.3) is 0 Å². The minimum atomic E-state index is -0.0281. The number of nitrogens with zero attached hydrogens (tertiary/aromatic N) is 2. The van der Waals surface area contributed by atoms with Gasteiger partial charge >= 0.3 is 0 Å². The molecule has 3 N–H and O–H groups in total. The van der Waals surface area contributed by atoms with Gasteiger partial charge in [-0.1, -0.05) is 18.2 Å². The second-order valence-corrected chi connectivity index (χ2v) is 7.74. The maximum absolute atomic E-state index is 9.20. The van der Waals surface area contributed by atoms with E-state index in [4.69, 9.17) is 4.84 Å². The third-order valence-electron chi connectivity index (χ3n) is 1.84. The van der Waals surface area contributed by atoms with Crippen molar-refractivity contribution in [2.24, 2.45) is 0 Å². The number of benzene rings is 1. The van der Waals surface area contributed by atoms with Crippen molar-refractivity contribution >= 4 is 34.0 Å². The van der Waals surface area contributed by atoms with Gasteiger partial charge in [0.15, 0.2) is 14.3 Å². The van der Waals surface area contributed by atoms with E-state index in [1.54, 1.807) is 4.26 Å². The normalized spacial score (nSPS) is 11.6. The van der Waals surface area contributed by atoms with Crippen molar-refractivity contribution in [2.75, 3.05) is 0 Å². The van der Waals surface area contributed by atoms with E-state index in [-0.39, 0.29) is 6.61 Å². The van der Waals surface area contributed by atoms with Crippen molar-refractivity contribution in [1.82, 2.24) is 17.8 Å². The van der Waals surface area contributed by atoms with Crippen LogP contribution in [0, 0.1) is 0 Å². The average molecular weight is 308 g/mol. The highest BCUT2D eigenvalue weighted by atomic mass is 31.1. The molecule has 1 heterocycles. The zero-order chi connectivity index (χ0) is 11.9. The van der Waals surface area contributed by atoms with Gasteiger partial charge in [0.1, 0.15) is 0 Å². The van der Waals surface area contributed by atoms with E-state index in [0.29, 0.717) is 31.3 Å². The van der Waals surface area contributed by atoms with Gasteiger partial charge in [0.05, 0.1) is 15.1 Å². The molecule has 0 fully saturated rings. The average Bonchev–Trinajstić information content (AvgIpc) is 2.33. The Balaban J connectivity index is 2.29. The molecular weight excluding hydrogens is 296 g/mol. The molecule has 2 aromatic rings. The van der Waals surface area contributed by atoms with Crippen LogP contribution in [0.1, 0.15) is 5.56 Å². The maximum Gasteiger partial charge on any atom is 0.182 e. The van der Waals surface area contributed by atoms with Crippen LogP contribution in [-0.4, -0.2) is 22.9 Å². The van der Waals surface area contributed by atoms with E-state index in [2.05, 4.69) is 13.5 Å². The largest absolute Gasteiger partial charge is 0.392 e. The number of para-hydroxylation sites is 1. The molecule has 3 unspecified atom stereocenters. The van der Waals surface area contributed by atoms with Crippen LogP contribution in [0.2, 0.25) is 0 Å². The van der Waals surface area contributed by atoms with Crippen LogP contribution < -0.4 is 4.84 Å². The van der Waals surface area contributed by atoms with Gasteiger partial charge in [-0.15, -0.1) is 4.26 Å². The molecule has 92 valence electrons. The number of hydrogen-bond donors (Lipinski definition) is 3. The summed E-state index contributed by atoms with van der Waals surface area (Å²) in [5.74, 6) is 0.673. The Hall–Kier alpha value is -0.620. The number of H-pyrrole nitrogens is 2. The third kappa shape index (κ3) is 3.96.